The molecule has 0 atom stereocenters. The van der Waals surface area contributed by atoms with E-state index in [0.717, 1.165) is 0 Å². The molecule has 9 heteroatoms. The van der Waals surface area contributed by atoms with Crippen LogP contribution in [0, 0.1) is 0 Å². The van der Waals surface area contributed by atoms with Gasteiger partial charge in [0.2, 0.25) is 16.9 Å². The van der Waals surface area contributed by atoms with Crippen LogP contribution in [0.25, 0.3) is 0 Å². The zero-order chi connectivity index (χ0) is 15.9. The van der Waals surface area contributed by atoms with E-state index in [1.807, 2.05) is 0 Å². The first-order chi connectivity index (χ1) is 10.5. The molecular weight excluding hydrogens is 326 g/mol. The van der Waals surface area contributed by atoms with E-state index in [1.165, 1.54) is 16.8 Å². The molecule has 2 N–H and O–H groups in total. The number of halogens is 1. The number of hydrogen-bond acceptors (Lipinski definition) is 6. The van der Waals surface area contributed by atoms with Crippen LogP contribution >= 0.6 is 22.9 Å². The molecule has 116 valence electrons. The van der Waals surface area contributed by atoms with Crippen molar-refractivity contribution in [1.29, 1.82) is 0 Å². The number of carbonyl (C=O) groups is 2. The third-order valence-corrected chi connectivity index (χ3v) is 3.38. The predicted octanol–water partition coefficient (Wildman–Crippen LogP) is 1.70. The highest BCUT2D eigenvalue weighted by Crippen LogP contribution is 2.14. The summed E-state index contributed by atoms with van der Waals surface area (Å²) in [4.78, 5) is 25.2. The van der Waals surface area contributed by atoms with Gasteiger partial charge in [-0.3, -0.25) is 19.8 Å². The van der Waals surface area contributed by atoms with Gasteiger partial charge in [-0.25, -0.2) is 0 Å². The minimum Gasteiger partial charge on any atom is -0.325 e. The van der Waals surface area contributed by atoms with Gasteiger partial charge in [-0.15, -0.1) is 10.2 Å². The first-order valence-electron chi connectivity index (χ1n) is 6.33. The fraction of sp³-hybridized carbons (Fsp3) is 0.231. The Morgan fingerprint density at radius 2 is 2.00 bits per heavy atom. The molecule has 0 saturated carbocycles. The predicted molar refractivity (Wildman–Crippen MR) is 86.1 cm³/mol. The number of carbonyl (C=O) groups excluding carboxylic acids is 2. The van der Waals surface area contributed by atoms with Crippen LogP contribution in [0.4, 0.5) is 10.8 Å². The van der Waals surface area contributed by atoms with Crippen molar-refractivity contribution >= 4 is 45.6 Å². The normalized spacial score (nSPS) is 10.5. The highest BCUT2D eigenvalue weighted by Gasteiger charge is 2.12. The molecule has 1 heterocycles. The third kappa shape index (κ3) is 5.40. The summed E-state index contributed by atoms with van der Waals surface area (Å²) in [6.45, 7) is 0.151. The number of nitrogens with one attached hydrogen (secondary N) is 2. The van der Waals surface area contributed by atoms with E-state index in [4.69, 9.17) is 11.6 Å². The SMILES string of the molecule is CN(CC(=O)Nc1cccc(Cl)c1)CC(=O)Nc1nncs1. The first kappa shape index (κ1) is 16.3. The fourth-order valence-electron chi connectivity index (χ4n) is 1.70. The van der Waals surface area contributed by atoms with Gasteiger partial charge in [-0.2, -0.15) is 0 Å². The average Bonchev–Trinajstić information content (AvgIpc) is 2.90. The highest BCUT2D eigenvalue weighted by molar-refractivity contribution is 7.13. The maximum Gasteiger partial charge on any atom is 0.240 e. The van der Waals surface area contributed by atoms with Crippen LogP contribution in [0.1, 0.15) is 0 Å². The quantitative estimate of drug-likeness (QED) is 0.836. The Labute approximate surface area is 136 Å². The van der Waals surface area contributed by atoms with E-state index in [0.29, 0.717) is 15.8 Å². The fourth-order valence-corrected chi connectivity index (χ4v) is 2.35. The number of hydrogen-bond donors (Lipinski definition) is 2. The summed E-state index contributed by atoms with van der Waals surface area (Å²) in [6, 6.07) is 6.87. The van der Waals surface area contributed by atoms with Gasteiger partial charge < -0.3 is 5.32 Å². The van der Waals surface area contributed by atoms with Crippen molar-refractivity contribution < 1.29 is 9.59 Å². The third-order valence-electron chi connectivity index (χ3n) is 2.54. The highest BCUT2D eigenvalue weighted by atomic mass is 35.5. The number of likely N-dealkylation sites (N-methyl/N-ethyl adjacent to an activating group) is 1. The van der Waals surface area contributed by atoms with E-state index in [9.17, 15) is 9.59 Å². The molecule has 2 rings (SSSR count). The molecule has 7 nitrogen and oxygen atoms in total. The molecule has 22 heavy (non-hydrogen) atoms. The van der Waals surface area contributed by atoms with Gasteiger partial charge in [0.25, 0.3) is 0 Å². The van der Waals surface area contributed by atoms with Crippen molar-refractivity contribution in [2.75, 3.05) is 30.8 Å². The molecule has 2 aromatic rings. The number of amides is 2. The molecule has 0 spiro atoms. The second-order valence-corrected chi connectivity index (χ2v) is 5.79. The molecule has 2 amide bonds. The Morgan fingerprint density at radius 3 is 2.64 bits per heavy atom. The number of rotatable bonds is 6. The Hall–Kier alpha value is -2.03. The van der Waals surface area contributed by atoms with Gasteiger partial charge in [0.05, 0.1) is 13.1 Å². The summed E-state index contributed by atoms with van der Waals surface area (Å²) in [5.74, 6) is -0.483. The van der Waals surface area contributed by atoms with Gasteiger partial charge >= 0.3 is 0 Å². The minimum absolute atomic E-state index is 0.0720. The number of benzene rings is 1. The van der Waals surface area contributed by atoms with E-state index >= 15 is 0 Å². The monoisotopic (exact) mass is 339 g/mol. The molecule has 0 aliphatic heterocycles. The maximum atomic E-state index is 11.9. The molecule has 0 aliphatic rings. The zero-order valence-corrected chi connectivity index (χ0v) is 13.3. The first-order valence-corrected chi connectivity index (χ1v) is 7.58. The lowest BCUT2D eigenvalue weighted by atomic mass is 10.3. The van der Waals surface area contributed by atoms with Crippen LogP contribution in [-0.2, 0) is 9.59 Å². The summed E-state index contributed by atoms with van der Waals surface area (Å²) < 4.78 is 0. The van der Waals surface area contributed by atoms with Crippen molar-refractivity contribution in [3.05, 3.63) is 34.8 Å². The van der Waals surface area contributed by atoms with Crippen LogP contribution in [0.15, 0.2) is 29.8 Å². The summed E-state index contributed by atoms with van der Waals surface area (Å²) in [5, 5.41) is 13.6. The summed E-state index contributed by atoms with van der Waals surface area (Å²) in [7, 11) is 1.68. The molecule has 1 aromatic heterocycles. The van der Waals surface area contributed by atoms with Crippen molar-refractivity contribution in [3.63, 3.8) is 0 Å². The lowest BCUT2D eigenvalue weighted by molar-refractivity contribution is -0.119. The van der Waals surface area contributed by atoms with E-state index in [2.05, 4.69) is 20.8 Å². The maximum absolute atomic E-state index is 11.9. The average molecular weight is 340 g/mol. The van der Waals surface area contributed by atoms with Gasteiger partial charge in [0, 0.05) is 10.7 Å². The smallest absolute Gasteiger partial charge is 0.240 e. The van der Waals surface area contributed by atoms with Crippen LogP contribution < -0.4 is 10.6 Å². The summed E-state index contributed by atoms with van der Waals surface area (Å²) in [5.41, 5.74) is 2.14. The number of nitrogens with zero attached hydrogens (tertiary/aromatic N) is 3. The molecule has 0 unspecified atom stereocenters. The second-order valence-electron chi connectivity index (χ2n) is 4.52. The van der Waals surface area contributed by atoms with E-state index < -0.39 is 0 Å². The molecule has 0 bridgehead atoms. The van der Waals surface area contributed by atoms with Gasteiger partial charge in [-0.05, 0) is 25.2 Å². The van der Waals surface area contributed by atoms with Crippen LogP contribution in [0.2, 0.25) is 5.02 Å². The number of anilines is 2. The largest absolute Gasteiger partial charge is 0.325 e. The summed E-state index contributed by atoms with van der Waals surface area (Å²) >= 11 is 7.08. The lowest BCUT2D eigenvalue weighted by Gasteiger charge is -2.15. The Morgan fingerprint density at radius 1 is 1.27 bits per heavy atom. The molecule has 1 aromatic carbocycles. The van der Waals surface area contributed by atoms with E-state index in [1.54, 1.807) is 36.2 Å². The Balaban J connectivity index is 1.77. The van der Waals surface area contributed by atoms with Gasteiger partial charge in [0.1, 0.15) is 5.51 Å². The van der Waals surface area contributed by atoms with Crippen molar-refractivity contribution in [2.45, 2.75) is 0 Å². The standard InChI is InChI=1S/C13H14ClN5O2S/c1-19(7-12(21)17-13-18-15-8-22-13)6-11(20)16-10-4-2-3-9(14)5-10/h2-5,8H,6-7H2,1H3,(H,16,20)(H,17,18,21). The Bertz CT molecular complexity index is 650. The van der Waals surface area contributed by atoms with Crippen LogP contribution in [0.5, 0.6) is 0 Å². The molecular formula is C13H14ClN5O2S. The topological polar surface area (TPSA) is 87.2 Å². The lowest BCUT2D eigenvalue weighted by Crippen LogP contribution is -2.36. The second kappa shape index (κ2) is 7.83. The van der Waals surface area contributed by atoms with Crippen molar-refractivity contribution in [1.82, 2.24) is 15.1 Å². The van der Waals surface area contributed by atoms with Crippen LogP contribution in [-0.4, -0.2) is 47.0 Å². The summed E-state index contributed by atoms with van der Waals surface area (Å²) in [6.07, 6.45) is 0. The minimum atomic E-state index is -0.255. The van der Waals surface area contributed by atoms with Gasteiger partial charge in [0.15, 0.2) is 0 Å². The molecule has 0 radical (unpaired) electrons. The van der Waals surface area contributed by atoms with E-state index in [-0.39, 0.29) is 24.9 Å². The molecule has 0 fully saturated rings. The number of aromatic nitrogens is 2. The van der Waals surface area contributed by atoms with Crippen LogP contribution in [0.3, 0.4) is 0 Å². The molecule has 0 saturated heterocycles. The zero-order valence-electron chi connectivity index (χ0n) is 11.7. The molecule has 0 aliphatic carbocycles. The van der Waals surface area contributed by atoms with Crippen molar-refractivity contribution in [3.8, 4) is 0 Å². The Kier molecular flexibility index (Phi) is 5.82. The van der Waals surface area contributed by atoms with Gasteiger partial charge in [-0.1, -0.05) is 29.0 Å². The van der Waals surface area contributed by atoms with Crippen molar-refractivity contribution in [2.24, 2.45) is 0 Å².